The minimum Gasteiger partial charge on any atom is -0.388 e. The van der Waals surface area contributed by atoms with Crippen molar-refractivity contribution in [3.8, 4) is 0 Å². The summed E-state index contributed by atoms with van der Waals surface area (Å²) >= 11 is 0. The van der Waals surface area contributed by atoms with E-state index in [4.69, 9.17) is 0 Å². The smallest absolute Gasteiger partial charge is 0.0787 e. The summed E-state index contributed by atoms with van der Waals surface area (Å²) in [5.41, 5.74) is 3.75. The van der Waals surface area contributed by atoms with E-state index in [1.165, 1.54) is 11.3 Å². The number of hydrogen-bond donors (Lipinski definition) is 1. The lowest BCUT2D eigenvalue weighted by Crippen LogP contribution is -2.27. The zero-order valence-corrected chi connectivity index (χ0v) is 10.7. The fraction of sp³-hybridized carbons (Fsp3) is 0.467. The normalized spacial score (nSPS) is 17.8. The maximum atomic E-state index is 9.74. The Kier molecular flexibility index (Phi) is 3.85. The second-order valence-electron chi connectivity index (χ2n) is 4.76. The number of rotatable bonds is 3. The number of benzene rings is 1. The van der Waals surface area contributed by atoms with Crippen molar-refractivity contribution >= 4 is 5.69 Å². The fourth-order valence-electron chi connectivity index (χ4n) is 2.15. The predicted octanol–water partition coefficient (Wildman–Crippen LogP) is 3.29. The summed E-state index contributed by atoms with van der Waals surface area (Å²) in [6.07, 6.45) is 3.88. The first-order valence-corrected chi connectivity index (χ1v) is 6.39. The van der Waals surface area contributed by atoms with Crippen LogP contribution in [0, 0.1) is 0 Å². The number of aliphatic hydroxyl groups excluding tert-OH is 1. The van der Waals surface area contributed by atoms with Crippen LogP contribution in [0.4, 0.5) is 5.69 Å². The molecule has 2 rings (SSSR count). The van der Waals surface area contributed by atoms with Crippen molar-refractivity contribution in [1.82, 2.24) is 0 Å². The van der Waals surface area contributed by atoms with Crippen LogP contribution >= 0.6 is 0 Å². The van der Waals surface area contributed by atoms with Crippen LogP contribution in [0.5, 0.6) is 0 Å². The van der Waals surface area contributed by atoms with Crippen LogP contribution in [0.25, 0.3) is 0 Å². The summed E-state index contributed by atoms with van der Waals surface area (Å²) in [6.45, 7) is 6.29. The average Bonchev–Trinajstić information content (AvgIpc) is 2.39. The van der Waals surface area contributed by atoms with Crippen LogP contribution in [0.3, 0.4) is 0 Å². The van der Waals surface area contributed by atoms with Gasteiger partial charge in [0.05, 0.1) is 6.10 Å². The van der Waals surface area contributed by atoms with Gasteiger partial charge in [-0.3, -0.25) is 0 Å². The Morgan fingerprint density at radius 3 is 2.53 bits per heavy atom. The fourth-order valence-corrected chi connectivity index (χ4v) is 2.15. The van der Waals surface area contributed by atoms with Gasteiger partial charge >= 0.3 is 0 Å². The molecule has 0 aliphatic carbocycles. The van der Waals surface area contributed by atoms with Crippen LogP contribution in [-0.2, 0) is 0 Å². The minimum atomic E-state index is -0.326. The summed E-state index contributed by atoms with van der Waals surface area (Å²) in [5.74, 6) is 0. The molecule has 1 heterocycles. The van der Waals surface area contributed by atoms with E-state index in [9.17, 15) is 5.11 Å². The van der Waals surface area contributed by atoms with E-state index in [1.54, 1.807) is 0 Å². The van der Waals surface area contributed by atoms with Crippen molar-refractivity contribution in [3.63, 3.8) is 0 Å². The van der Waals surface area contributed by atoms with Crippen molar-refractivity contribution in [2.75, 3.05) is 18.0 Å². The molecule has 17 heavy (non-hydrogen) atoms. The summed E-state index contributed by atoms with van der Waals surface area (Å²) in [4.78, 5) is 2.37. The summed E-state index contributed by atoms with van der Waals surface area (Å²) in [7, 11) is 0. The van der Waals surface area contributed by atoms with Gasteiger partial charge in [-0.15, -0.1) is 0 Å². The minimum absolute atomic E-state index is 0.326. The van der Waals surface area contributed by atoms with Crippen LogP contribution in [0.1, 0.15) is 38.4 Å². The second kappa shape index (κ2) is 5.37. The zero-order chi connectivity index (χ0) is 12.3. The van der Waals surface area contributed by atoms with Crippen molar-refractivity contribution in [3.05, 3.63) is 41.5 Å². The highest BCUT2D eigenvalue weighted by Crippen LogP contribution is 2.23. The molecule has 1 aromatic rings. The molecule has 1 aromatic carbocycles. The Balaban J connectivity index is 2.08. The Hall–Kier alpha value is -1.28. The van der Waals surface area contributed by atoms with E-state index in [0.29, 0.717) is 0 Å². The van der Waals surface area contributed by atoms with Gasteiger partial charge in [-0.1, -0.05) is 30.7 Å². The highest BCUT2D eigenvalue weighted by molar-refractivity contribution is 5.49. The molecule has 0 saturated carbocycles. The van der Waals surface area contributed by atoms with Crippen LogP contribution in [-0.4, -0.2) is 18.2 Å². The van der Waals surface area contributed by atoms with Crippen LogP contribution in [0.15, 0.2) is 35.9 Å². The first-order chi connectivity index (χ1) is 8.20. The van der Waals surface area contributed by atoms with Gasteiger partial charge in [0.2, 0.25) is 0 Å². The van der Waals surface area contributed by atoms with Crippen molar-refractivity contribution in [1.29, 1.82) is 0 Å². The molecule has 0 fully saturated rings. The quantitative estimate of drug-likeness (QED) is 0.807. The molecular weight excluding hydrogens is 210 g/mol. The first-order valence-electron chi connectivity index (χ1n) is 6.39. The standard InChI is InChI=1S/C15H21NO/c1-3-15(17)13-4-6-14(7-5-13)16-10-8-12(2)9-11-16/h4-8,15,17H,3,9-11H2,1-2H3/t15-/m1/s1. The molecule has 2 nitrogen and oxygen atoms in total. The molecule has 1 aliphatic rings. The molecule has 0 unspecified atom stereocenters. The number of nitrogens with zero attached hydrogens (tertiary/aromatic N) is 1. The lowest BCUT2D eigenvalue weighted by atomic mass is 10.1. The zero-order valence-electron chi connectivity index (χ0n) is 10.7. The highest BCUT2D eigenvalue weighted by atomic mass is 16.3. The number of aliphatic hydroxyl groups is 1. The molecule has 1 N–H and O–H groups in total. The topological polar surface area (TPSA) is 23.5 Å². The SMILES string of the molecule is CC[C@@H](O)c1ccc(N2CC=C(C)CC2)cc1. The molecule has 0 saturated heterocycles. The lowest BCUT2D eigenvalue weighted by molar-refractivity contribution is 0.173. The largest absolute Gasteiger partial charge is 0.388 e. The Morgan fingerprint density at radius 2 is 2.00 bits per heavy atom. The molecule has 92 valence electrons. The van der Waals surface area contributed by atoms with Gasteiger partial charge in [0.15, 0.2) is 0 Å². The van der Waals surface area contributed by atoms with E-state index in [2.05, 4.69) is 30.0 Å². The molecule has 1 aliphatic heterocycles. The first kappa shape index (κ1) is 12.2. The number of anilines is 1. The third-order valence-electron chi connectivity index (χ3n) is 3.47. The second-order valence-corrected chi connectivity index (χ2v) is 4.76. The van der Waals surface area contributed by atoms with Gasteiger partial charge in [-0.25, -0.2) is 0 Å². The average molecular weight is 231 g/mol. The summed E-state index contributed by atoms with van der Waals surface area (Å²) in [5, 5.41) is 9.74. The van der Waals surface area contributed by atoms with Gasteiger partial charge in [0.1, 0.15) is 0 Å². The van der Waals surface area contributed by atoms with Crippen molar-refractivity contribution in [2.45, 2.75) is 32.8 Å². The van der Waals surface area contributed by atoms with Gasteiger partial charge in [0, 0.05) is 18.8 Å². The summed E-state index contributed by atoms with van der Waals surface area (Å²) < 4.78 is 0. The monoisotopic (exact) mass is 231 g/mol. The molecule has 2 heteroatoms. The van der Waals surface area contributed by atoms with E-state index < -0.39 is 0 Å². The Labute approximate surface area is 104 Å². The Morgan fingerprint density at radius 1 is 1.29 bits per heavy atom. The summed E-state index contributed by atoms with van der Waals surface area (Å²) in [6, 6.07) is 8.30. The molecule has 0 radical (unpaired) electrons. The molecule has 0 aromatic heterocycles. The molecule has 0 amide bonds. The van der Waals surface area contributed by atoms with Gasteiger partial charge in [0.25, 0.3) is 0 Å². The van der Waals surface area contributed by atoms with Gasteiger partial charge < -0.3 is 10.0 Å². The highest BCUT2D eigenvalue weighted by Gasteiger charge is 2.11. The van der Waals surface area contributed by atoms with E-state index in [0.717, 1.165) is 31.5 Å². The molecule has 0 bridgehead atoms. The predicted molar refractivity (Wildman–Crippen MR) is 72.3 cm³/mol. The van der Waals surface area contributed by atoms with E-state index >= 15 is 0 Å². The maximum absolute atomic E-state index is 9.74. The van der Waals surface area contributed by atoms with E-state index in [1.807, 2.05) is 19.1 Å². The molecule has 0 spiro atoms. The van der Waals surface area contributed by atoms with Crippen molar-refractivity contribution < 1.29 is 5.11 Å². The lowest BCUT2D eigenvalue weighted by Gasteiger charge is -2.27. The van der Waals surface area contributed by atoms with E-state index in [-0.39, 0.29) is 6.10 Å². The number of hydrogen-bond acceptors (Lipinski definition) is 2. The maximum Gasteiger partial charge on any atom is 0.0787 e. The van der Waals surface area contributed by atoms with Gasteiger partial charge in [-0.05, 0) is 37.5 Å². The van der Waals surface area contributed by atoms with Crippen LogP contribution in [0.2, 0.25) is 0 Å². The van der Waals surface area contributed by atoms with Crippen LogP contribution < -0.4 is 4.90 Å². The van der Waals surface area contributed by atoms with Crippen molar-refractivity contribution in [2.24, 2.45) is 0 Å². The molecule has 1 atom stereocenters. The molecular formula is C15H21NO. The third kappa shape index (κ3) is 2.89. The van der Waals surface area contributed by atoms with Gasteiger partial charge in [-0.2, -0.15) is 0 Å². The Bertz CT molecular complexity index is 394. The third-order valence-corrected chi connectivity index (χ3v) is 3.47.